The summed E-state index contributed by atoms with van der Waals surface area (Å²) >= 11 is 0. The van der Waals surface area contributed by atoms with Crippen molar-refractivity contribution in [2.75, 3.05) is 6.61 Å². The molecule has 3 atom stereocenters. The Bertz CT molecular complexity index is 446. The lowest BCUT2D eigenvalue weighted by Crippen LogP contribution is -2.67. The van der Waals surface area contributed by atoms with Gasteiger partial charge in [0.25, 0.3) is 0 Å². The fourth-order valence-electron chi connectivity index (χ4n) is 3.53. The second-order valence-electron chi connectivity index (χ2n) is 8.09. The number of ether oxygens (including phenoxy) is 2. The van der Waals surface area contributed by atoms with Gasteiger partial charge in [-0.1, -0.05) is 41.5 Å². The van der Waals surface area contributed by atoms with E-state index in [4.69, 9.17) is 18.3 Å². The van der Waals surface area contributed by atoms with Crippen LogP contribution in [0.25, 0.3) is 0 Å². The first-order valence-electron chi connectivity index (χ1n) is 7.79. The maximum Gasteiger partial charge on any atom is 0.349 e. The second kappa shape index (κ2) is 5.65. The van der Waals surface area contributed by atoms with E-state index in [0.717, 1.165) is 0 Å². The monoisotopic (exact) mass is 328 g/mol. The van der Waals surface area contributed by atoms with Gasteiger partial charge in [-0.3, -0.25) is 4.79 Å². The van der Waals surface area contributed by atoms with Gasteiger partial charge in [-0.15, -0.1) is 0 Å². The van der Waals surface area contributed by atoms with E-state index in [1.165, 1.54) is 6.92 Å². The van der Waals surface area contributed by atoms with Crippen LogP contribution in [-0.2, 0) is 23.1 Å². The van der Waals surface area contributed by atoms with Crippen LogP contribution >= 0.6 is 0 Å². The number of carbonyl (C=O) groups excluding carboxylic acids is 1. The molecular weight excluding hydrogens is 300 g/mol. The van der Waals surface area contributed by atoms with Gasteiger partial charge in [0.05, 0.1) is 12.9 Å². The summed E-state index contributed by atoms with van der Waals surface area (Å²) in [6.45, 7) is 14.8. The second-order valence-corrected chi connectivity index (χ2v) is 12.8. The van der Waals surface area contributed by atoms with Crippen molar-refractivity contribution in [3.8, 4) is 0 Å². The predicted octanol–water partition coefficient (Wildman–Crippen LogP) is 3.29. The molecular formula is C16H28O5Si. The molecule has 6 heteroatoms. The van der Waals surface area contributed by atoms with Crippen LogP contribution in [0.2, 0.25) is 10.1 Å². The summed E-state index contributed by atoms with van der Waals surface area (Å²) in [7, 11) is -2.59. The molecule has 1 saturated heterocycles. The Kier molecular flexibility index (Phi) is 4.50. The van der Waals surface area contributed by atoms with E-state index < -0.39 is 14.7 Å². The third-order valence-electron chi connectivity index (χ3n) is 4.24. The Hall–Kier alpha value is -0.853. The molecule has 0 aromatic carbocycles. The largest absolute Gasteiger partial charge is 0.493 e. The van der Waals surface area contributed by atoms with Gasteiger partial charge in [-0.05, 0) is 6.08 Å². The van der Waals surface area contributed by atoms with Crippen LogP contribution in [0.1, 0.15) is 48.5 Å². The first-order chi connectivity index (χ1) is 9.98. The summed E-state index contributed by atoms with van der Waals surface area (Å²) in [5, 5.41) is -0.226. The quantitative estimate of drug-likeness (QED) is 0.546. The molecule has 0 aliphatic carbocycles. The highest BCUT2D eigenvalue weighted by atomic mass is 28.4. The van der Waals surface area contributed by atoms with Gasteiger partial charge < -0.3 is 18.3 Å². The Balaban J connectivity index is 2.35. The topological polar surface area (TPSA) is 54.0 Å². The Morgan fingerprint density at radius 1 is 1.18 bits per heavy atom. The molecule has 5 nitrogen and oxygen atoms in total. The Morgan fingerprint density at radius 3 is 2.27 bits per heavy atom. The van der Waals surface area contributed by atoms with Gasteiger partial charge in [0.15, 0.2) is 6.10 Å². The number of fused-ring (bicyclic) bond motifs is 1. The maximum atomic E-state index is 11.4. The van der Waals surface area contributed by atoms with Crippen LogP contribution in [-0.4, -0.2) is 39.4 Å². The summed E-state index contributed by atoms with van der Waals surface area (Å²) in [5.74, 6) is -0.316. The normalized spacial score (nSPS) is 31.1. The summed E-state index contributed by atoms with van der Waals surface area (Å²) < 4.78 is 23.9. The van der Waals surface area contributed by atoms with Crippen molar-refractivity contribution in [3.05, 3.63) is 12.3 Å². The van der Waals surface area contributed by atoms with Gasteiger partial charge in [0, 0.05) is 17.0 Å². The van der Waals surface area contributed by atoms with Crippen LogP contribution in [0.5, 0.6) is 0 Å². The first kappa shape index (κ1) is 17.5. The van der Waals surface area contributed by atoms with Gasteiger partial charge in [-0.2, -0.15) is 0 Å². The third-order valence-corrected chi connectivity index (χ3v) is 9.37. The van der Waals surface area contributed by atoms with E-state index in [1.54, 1.807) is 12.3 Å². The van der Waals surface area contributed by atoms with Crippen molar-refractivity contribution in [1.82, 2.24) is 0 Å². The molecule has 126 valence electrons. The highest BCUT2D eigenvalue weighted by Crippen LogP contribution is 2.54. The highest BCUT2D eigenvalue weighted by Gasteiger charge is 2.63. The lowest BCUT2D eigenvalue weighted by molar-refractivity contribution is -0.164. The van der Waals surface area contributed by atoms with Gasteiger partial charge in [-0.25, -0.2) is 0 Å². The van der Waals surface area contributed by atoms with Crippen molar-refractivity contribution >= 4 is 14.5 Å². The smallest absolute Gasteiger partial charge is 0.349 e. The minimum Gasteiger partial charge on any atom is -0.493 e. The molecule has 2 aliphatic heterocycles. The molecule has 0 amide bonds. The number of hydrogen-bond acceptors (Lipinski definition) is 5. The van der Waals surface area contributed by atoms with Crippen molar-refractivity contribution in [2.45, 2.75) is 76.9 Å². The van der Waals surface area contributed by atoms with E-state index in [-0.39, 0.29) is 28.3 Å². The Labute approximate surface area is 134 Å². The van der Waals surface area contributed by atoms with Gasteiger partial charge in [0.1, 0.15) is 12.2 Å². The van der Waals surface area contributed by atoms with E-state index in [1.807, 2.05) is 0 Å². The van der Waals surface area contributed by atoms with Gasteiger partial charge in [0.2, 0.25) is 0 Å². The third kappa shape index (κ3) is 2.96. The molecule has 0 unspecified atom stereocenters. The fourth-order valence-corrected chi connectivity index (χ4v) is 8.49. The van der Waals surface area contributed by atoms with Crippen LogP contribution < -0.4 is 0 Å². The summed E-state index contributed by atoms with van der Waals surface area (Å²) in [4.78, 5) is 11.4. The van der Waals surface area contributed by atoms with Crippen molar-refractivity contribution in [1.29, 1.82) is 0 Å². The van der Waals surface area contributed by atoms with E-state index in [9.17, 15) is 4.79 Å². The van der Waals surface area contributed by atoms with Crippen LogP contribution in [0.3, 0.4) is 0 Å². The minimum atomic E-state index is -2.59. The average molecular weight is 328 g/mol. The molecule has 0 spiro atoms. The summed E-state index contributed by atoms with van der Waals surface area (Å²) in [6.07, 6.45) is 2.35. The zero-order valence-corrected chi connectivity index (χ0v) is 15.6. The summed E-state index contributed by atoms with van der Waals surface area (Å²) in [6, 6.07) is 0. The molecule has 0 N–H and O–H groups in total. The molecule has 1 fully saturated rings. The van der Waals surface area contributed by atoms with Crippen LogP contribution in [0.15, 0.2) is 12.3 Å². The SMILES string of the molecule is CC(=O)O[C@@H]1C=CO[C@@H]2CO[Si](C(C)(C)C)(C(C)(C)C)O[C@@H]12. The Morgan fingerprint density at radius 2 is 1.77 bits per heavy atom. The molecule has 2 aliphatic rings. The van der Waals surface area contributed by atoms with Crippen LogP contribution in [0.4, 0.5) is 0 Å². The van der Waals surface area contributed by atoms with Crippen molar-refractivity contribution < 1.29 is 23.1 Å². The number of rotatable bonds is 1. The zero-order chi connectivity index (χ0) is 16.8. The highest BCUT2D eigenvalue weighted by molar-refractivity contribution is 6.73. The van der Waals surface area contributed by atoms with Gasteiger partial charge >= 0.3 is 14.5 Å². The van der Waals surface area contributed by atoms with Crippen LogP contribution in [0, 0.1) is 0 Å². The van der Waals surface area contributed by atoms with Crippen molar-refractivity contribution in [3.63, 3.8) is 0 Å². The molecule has 0 aromatic heterocycles. The lowest BCUT2D eigenvalue weighted by Gasteiger charge is -2.55. The maximum absolute atomic E-state index is 11.4. The zero-order valence-electron chi connectivity index (χ0n) is 14.6. The molecule has 22 heavy (non-hydrogen) atoms. The van der Waals surface area contributed by atoms with E-state index >= 15 is 0 Å². The summed E-state index contributed by atoms with van der Waals surface area (Å²) in [5.41, 5.74) is 0. The molecule has 0 saturated carbocycles. The number of hydrogen-bond donors (Lipinski definition) is 0. The number of carbonyl (C=O) groups is 1. The molecule has 0 bridgehead atoms. The van der Waals surface area contributed by atoms with E-state index in [0.29, 0.717) is 6.61 Å². The van der Waals surface area contributed by atoms with E-state index in [2.05, 4.69) is 41.5 Å². The molecule has 2 heterocycles. The number of esters is 1. The molecule has 0 aromatic rings. The fraction of sp³-hybridized carbons (Fsp3) is 0.812. The predicted molar refractivity (Wildman–Crippen MR) is 85.6 cm³/mol. The minimum absolute atomic E-state index is 0.113. The lowest BCUT2D eigenvalue weighted by atomic mass is 10.1. The van der Waals surface area contributed by atoms with Crippen molar-refractivity contribution in [2.24, 2.45) is 0 Å². The average Bonchev–Trinajstić information content (AvgIpc) is 2.35. The standard InChI is InChI=1S/C16H28O5Si/c1-11(17)20-12-8-9-18-13-10-19-22(15(2,3)4,16(5,6)7)21-14(12)13/h8-9,12-14H,10H2,1-7H3/t12-,13-,14+/m1/s1. The molecule has 0 radical (unpaired) electrons. The first-order valence-corrected chi connectivity index (χ1v) is 9.61. The molecule has 2 rings (SSSR count).